The summed E-state index contributed by atoms with van der Waals surface area (Å²) in [4.78, 5) is 18.6. The Labute approximate surface area is 189 Å². The second-order valence-electron chi connectivity index (χ2n) is 6.89. The summed E-state index contributed by atoms with van der Waals surface area (Å²) in [7, 11) is 1.78. The zero-order chi connectivity index (χ0) is 21.6. The summed E-state index contributed by atoms with van der Waals surface area (Å²) in [5, 5.41) is 10.0. The fraction of sp³-hybridized carbons (Fsp3) is 0.130. The topological polar surface area (TPSA) is 63.9 Å². The van der Waals surface area contributed by atoms with Crippen LogP contribution in [0.5, 0.6) is 0 Å². The summed E-state index contributed by atoms with van der Waals surface area (Å²) >= 11 is 7.41. The molecule has 0 saturated heterocycles. The lowest BCUT2D eigenvalue weighted by Gasteiger charge is -2.17. The lowest BCUT2D eigenvalue weighted by molar-refractivity contribution is -0.127. The van der Waals surface area contributed by atoms with Crippen LogP contribution in [0.4, 0.5) is 0 Å². The van der Waals surface area contributed by atoms with E-state index in [1.54, 1.807) is 24.3 Å². The van der Waals surface area contributed by atoms with Gasteiger partial charge in [0, 0.05) is 42.3 Å². The van der Waals surface area contributed by atoms with Crippen LogP contribution in [0, 0.1) is 0 Å². The molecule has 0 spiro atoms. The zero-order valence-electron chi connectivity index (χ0n) is 16.9. The van der Waals surface area contributed by atoms with Gasteiger partial charge in [0.05, 0.1) is 5.75 Å². The van der Waals surface area contributed by atoms with Crippen LogP contribution in [0.15, 0.2) is 84.3 Å². The summed E-state index contributed by atoms with van der Waals surface area (Å²) in [6.45, 7) is 0.492. The first kappa shape index (κ1) is 21.1. The van der Waals surface area contributed by atoms with Gasteiger partial charge in [-0.3, -0.25) is 14.3 Å². The fourth-order valence-electron chi connectivity index (χ4n) is 3.09. The second kappa shape index (κ2) is 9.76. The number of rotatable bonds is 7. The molecule has 0 unspecified atom stereocenters. The number of benzene rings is 2. The van der Waals surface area contributed by atoms with E-state index in [2.05, 4.69) is 15.2 Å². The quantitative estimate of drug-likeness (QED) is 0.381. The minimum atomic E-state index is -0.00415. The van der Waals surface area contributed by atoms with Crippen LogP contribution < -0.4 is 0 Å². The standard InChI is InChI=1S/C23H20ClN5OS/c1-28(15-17-7-5-9-19(24)13-17)21(30)16-31-23-27-26-22(18-8-6-12-25-14-18)29(23)20-10-3-2-4-11-20/h2-14H,15-16H2,1H3. The summed E-state index contributed by atoms with van der Waals surface area (Å²) in [5.41, 5.74) is 2.77. The second-order valence-corrected chi connectivity index (χ2v) is 8.27. The van der Waals surface area contributed by atoms with Crippen LogP contribution in [-0.4, -0.2) is 43.4 Å². The van der Waals surface area contributed by atoms with Gasteiger partial charge in [-0.05, 0) is 42.0 Å². The highest BCUT2D eigenvalue weighted by Gasteiger charge is 2.18. The van der Waals surface area contributed by atoms with Crippen LogP contribution >= 0.6 is 23.4 Å². The molecule has 156 valence electrons. The Morgan fingerprint density at radius 2 is 1.90 bits per heavy atom. The predicted molar refractivity (Wildman–Crippen MR) is 123 cm³/mol. The largest absolute Gasteiger partial charge is 0.341 e. The molecule has 2 heterocycles. The van der Waals surface area contributed by atoms with Gasteiger partial charge < -0.3 is 4.90 Å². The van der Waals surface area contributed by atoms with Crippen molar-refractivity contribution in [1.29, 1.82) is 0 Å². The molecule has 4 rings (SSSR count). The molecule has 0 bridgehead atoms. The number of para-hydroxylation sites is 1. The molecule has 0 aliphatic carbocycles. The molecule has 0 N–H and O–H groups in total. The van der Waals surface area contributed by atoms with Crippen molar-refractivity contribution in [1.82, 2.24) is 24.6 Å². The molecular formula is C23H20ClN5OS. The molecule has 0 aliphatic rings. The van der Waals surface area contributed by atoms with E-state index in [0.717, 1.165) is 16.8 Å². The molecule has 0 atom stereocenters. The maximum atomic E-state index is 12.7. The SMILES string of the molecule is CN(Cc1cccc(Cl)c1)C(=O)CSc1nnc(-c2cccnc2)n1-c1ccccc1. The van der Waals surface area contributed by atoms with Crippen molar-refractivity contribution in [3.63, 3.8) is 0 Å². The molecule has 0 aliphatic heterocycles. The molecule has 31 heavy (non-hydrogen) atoms. The molecule has 0 saturated carbocycles. The number of amides is 1. The molecule has 8 heteroatoms. The normalized spacial score (nSPS) is 10.8. The number of hydrogen-bond acceptors (Lipinski definition) is 5. The molecule has 2 aromatic carbocycles. The van der Waals surface area contributed by atoms with Crippen molar-refractivity contribution < 1.29 is 4.79 Å². The van der Waals surface area contributed by atoms with E-state index in [0.29, 0.717) is 22.5 Å². The Hall–Kier alpha value is -3.16. The van der Waals surface area contributed by atoms with E-state index in [1.165, 1.54) is 11.8 Å². The number of thioether (sulfide) groups is 1. The third-order valence-electron chi connectivity index (χ3n) is 4.63. The fourth-order valence-corrected chi connectivity index (χ4v) is 4.19. The summed E-state index contributed by atoms with van der Waals surface area (Å²) in [6.07, 6.45) is 3.47. The number of carbonyl (C=O) groups is 1. The van der Waals surface area contributed by atoms with E-state index in [4.69, 9.17) is 11.6 Å². The average Bonchev–Trinajstić information content (AvgIpc) is 3.22. The zero-order valence-corrected chi connectivity index (χ0v) is 18.4. The first-order valence-corrected chi connectivity index (χ1v) is 11.0. The monoisotopic (exact) mass is 449 g/mol. The van der Waals surface area contributed by atoms with Crippen LogP contribution in [0.2, 0.25) is 5.02 Å². The van der Waals surface area contributed by atoms with Gasteiger partial charge in [0.25, 0.3) is 0 Å². The summed E-state index contributed by atoms with van der Waals surface area (Å²) < 4.78 is 1.95. The van der Waals surface area contributed by atoms with Crippen LogP contribution in [0.1, 0.15) is 5.56 Å². The van der Waals surface area contributed by atoms with Crippen molar-refractivity contribution in [2.75, 3.05) is 12.8 Å². The van der Waals surface area contributed by atoms with Gasteiger partial charge >= 0.3 is 0 Å². The number of aromatic nitrogens is 4. The van der Waals surface area contributed by atoms with Crippen molar-refractivity contribution in [3.8, 4) is 17.1 Å². The number of pyridine rings is 1. The predicted octanol–water partition coefficient (Wildman–Crippen LogP) is 4.73. The number of halogens is 1. The first-order chi connectivity index (χ1) is 15.1. The third-order valence-corrected chi connectivity index (χ3v) is 5.78. The smallest absolute Gasteiger partial charge is 0.233 e. The van der Waals surface area contributed by atoms with Gasteiger partial charge in [0.1, 0.15) is 0 Å². The molecule has 0 radical (unpaired) electrons. The molecular weight excluding hydrogens is 430 g/mol. The lowest BCUT2D eigenvalue weighted by atomic mass is 10.2. The third kappa shape index (κ3) is 5.13. The number of hydrogen-bond donors (Lipinski definition) is 0. The molecule has 6 nitrogen and oxygen atoms in total. The Kier molecular flexibility index (Phi) is 6.64. The van der Waals surface area contributed by atoms with E-state index in [9.17, 15) is 4.79 Å². The van der Waals surface area contributed by atoms with Crippen LogP contribution in [0.25, 0.3) is 17.1 Å². The minimum Gasteiger partial charge on any atom is -0.341 e. The number of carbonyl (C=O) groups excluding carboxylic acids is 1. The van der Waals surface area contributed by atoms with E-state index >= 15 is 0 Å². The van der Waals surface area contributed by atoms with Crippen molar-refractivity contribution >= 4 is 29.3 Å². The molecule has 2 aromatic heterocycles. The van der Waals surface area contributed by atoms with E-state index < -0.39 is 0 Å². The number of nitrogens with zero attached hydrogens (tertiary/aromatic N) is 5. The van der Waals surface area contributed by atoms with Crippen LogP contribution in [0.3, 0.4) is 0 Å². The van der Waals surface area contributed by atoms with Crippen molar-refractivity contribution in [2.45, 2.75) is 11.7 Å². The van der Waals surface area contributed by atoms with E-state index in [1.807, 2.05) is 71.3 Å². The maximum absolute atomic E-state index is 12.7. The molecule has 4 aromatic rings. The Balaban J connectivity index is 1.53. The van der Waals surface area contributed by atoms with Crippen LogP contribution in [-0.2, 0) is 11.3 Å². The Morgan fingerprint density at radius 3 is 2.65 bits per heavy atom. The minimum absolute atomic E-state index is 0.00415. The highest BCUT2D eigenvalue weighted by molar-refractivity contribution is 7.99. The highest BCUT2D eigenvalue weighted by atomic mass is 35.5. The van der Waals surface area contributed by atoms with Gasteiger partial charge in [-0.2, -0.15) is 0 Å². The van der Waals surface area contributed by atoms with E-state index in [-0.39, 0.29) is 11.7 Å². The molecule has 0 fully saturated rings. The van der Waals surface area contributed by atoms with Gasteiger partial charge in [0.2, 0.25) is 5.91 Å². The first-order valence-electron chi connectivity index (χ1n) is 9.64. The van der Waals surface area contributed by atoms with Gasteiger partial charge in [-0.1, -0.05) is 53.7 Å². The average molecular weight is 450 g/mol. The highest BCUT2D eigenvalue weighted by Crippen LogP contribution is 2.27. The van der Waals surface area contributed by atoms with Gasteiger partial charge in [-0.25, -0.2) is 0 Å². The summed E-state index contributed by atoms with van der Waals surface area (Å²) in [5.74, 6) is 0.923. The van der Waals surface area contributed by atoms with Crippen molar-refractivity contribution in [3.05, 3.63) is 89.7 Å². The Bertz CT molecular complexity index is 1170. The van der Waals surface area contributed by atoms with Gasteiger partial charge in [-0.15, -0.1) is 10.2 Å². The van der Waals surface area contributed by atoms with Gasteiger partial charge in [0.15, 0.2) is 11.0 Å². The Morgan fingerprint density at radius 1 is 1.06 bits per heavy atom. The van der Waals surface area contributed by atoms with Crippen molar-refractivity contribution in [2.24, 2.45) is 0 Å². The molecule has 1 amide bonds. The summed E-state index contributed by atoms with van der Waals surface area (Å²) in [6, 6.07) is 21.2. The maximum Gasteiger partial charge on any atom is 0.233 e. The lowest BCUT2D eigenvalue weighted by Crippen LogP contribution is -2.27.